The van der Waals surface area contributed by atoms with E-state index in [2.05, 4.69) is 4.98 Å². The van der Waals surface area contributed by atoms with Crippen molar-refractivity contribution >= 4 is 11.2 Å². The standard InChI is InChI=1S/C8H10N4O4/c1-10-2-9-6-5(10)7(15)12(4-14)8(16)11(6)3-13/h2,13-14H,3-4H2,1H3. The zero-order valence-electron chi connectivity index (χ0n) is 8.49. The maximum atomic E-state index is 11.8. The molecule has 0 spiro atoms. The van der Waals surface area contributed by atoms with Crippen LogP contribution in [0.25, 0.3) is 11.2 Å². The number of aliphatic hydroxyl groups excluding tert-OH is 2. The Morgan fingerprint density at radius 3 is 2.44 bits per heavy atom. The first-order valence-electron chi connectivity index (χ1n) is 4.48. The molecule has 2 aromatic heterocycles. The summed E-state index contributed by atoms with van der Waals surface area (Å²) in [6, 6.07) is 0. The Morgan fingerprint density at radius 2 is 1.88 bits per heavy atom. The maximum Gasteiger partial charge on any atom is 0.336 e. The summed E-state index contributed by atoms with van der Waals surface area (Å²) in [5, 5.41) is 18.0. The molecule has 8 heteroatoms. The van der Waals surface area contributed by atoms with Crippen molar-refractivity contribution in [2.24, 2.45) is 7.05 Å². The number of aromatic nitrogens is 4. The lowest BCUT2D eigenvalue weighted by Gasteiger charge is -2.06. The summed E-state index contributed by atoms with van der Waals surface area (Å²) in [5.74, 6) is 0. The summed E-state index contributed by atoms with van der Waals surface area (Å²) < 4.78 is 2.96. The quantitative estimate of drug-likeness (QED) is 0.604. The van der Waals surface area contributed by atoms with E-state index in [0.717, 1.165) is 4.57 Å². The Hall–Kier alpha value is -1.93. The Balaban J connectivity index is 3.09. The van der Waals surface area contributed by atoms with E-state index in [0.29, 0.717) is 4.57 Å². The third-order valence-electron chi connectivity index (χ3n) is 2.37. The smallest absolute Gasteiger partial charge is 0.336 e. The molecule has 8 nitrogen and oxygen atoms in total. The van der Waals surface area contributed by atoms with Gasteiger partial charge in [-0.2, -0.15) is 0 Å². The molecule has 2 heterocycles. The first-order chi connectivity index (χ1) is 7.61. The van der Waals surface area contributed by atoms with Crippen LogP contribution in [0.2, 0.25) is 0 Å². The van der Waals surface area contributed by atoms with Gasteiger partial charge in [0, 0.05) is 7.05 Å². The van der Waals surface area contributed by atoms with Gasteiger partial charge in [-0.1, -0.05) is 0 Å². The zero-order chi connectivity index (χ0) is 11.9. The maximum absolute atomic E-state index is 11.8. The fourth-order valence-corrected chi connectivity index (χ4v) is 1.57. The van der Waals surface area contributed by atoms with E-state index in [4.69, 9.17) is 10.2 Å². The molecule has 0 radical (unpaired) electrons. The number of hydrogen-bond acceptors (Lipinski definition) is 5. The predicted molar refractivity (Wildman–Crippen MR) is 53.7 cm³/mol. The average Bonchev–Trinajstić information content (AvgIpc) is 2.62. The number of nitrogens with zero attached hydrogens (tertiary/aromatic N) is 4. The summed E-state index contributed by atoms with van der Waals surface area (Å²) in [5.41, 5.74) is -1.17. The molecule has 0 aliphatic rings. The average molecular weight is 226 g/mol. The highest BCUT2D eigenvalue weighted by Crippen LogP contribution is 2.03. The lowest BCUT2D eigenvalue weighted by Crippen LogP contribution is -2.40. The molecule has 0 aromatic carbocycles. The van der Waals surface area contributed by atoms with E-state index in [1.807, 2.05) is 0 Å². The molecule has 86 valence electrons. The SMILES string of the molecule is Cn1cnc2c1c(=O)n(CO)c(=O)n2CO. The van der Waals surface area contributed by atoms with Crippen LogP contribution in [-0.4, -0.2) is 28.9 Å². The van der Waals surface area contributed by atoms with Crippen molar-refractivity contribution in [2.75, 3.05) is 0 Å². The molecular weight excluding hydrogens is 216 g/mol. The number of aliphatic hydroxyl groups is 2. The Morgan fingerprint density at radius 1 is 1.25 bits per heavy atom. The van der Waals surface area contributed by atoms with Crippen molar-refractivity contribution < 1.29 is 10.2 Å². The number of imidazole rings is 1. The van der Waals surface area contributed by atoms with Crippen molar-refractivity contribution in [1.29, 1.82) is 0 Å². The van der Waals surface area contributed by atoms with Crippen LogP contribution in [0.3, 0.4) is 0 Å². The molecule has 2 aromatic rings. The van der Waals surface area contributed by atoms with E-state index in [9.17, 15) is 9.59 Å². The number of hydrogen-bond donors (Lipinski definition) is 2. The van der Waals surface area contributed by atoms with Crippen LogP contribution in [0.15, 0.2) is 15.9 Å². The highest BCUT2D eigenvalue weighted by Gasteiger charge is 2.15. The molecule has 0 aliphatic heterocycles. The highest BCUT2D eigenvalue weighted by molar-refractivity contribution is 5.69. The van der Waals surface area contributed by atoms with Gasteiger partial charge in [0.05, 0.1) is 6.33 Å². The minimum Gasteiger partial charge on any atom is -0.376 e. The van der Waals surface area contributed by atoms with Gasteiger partial charge < -0.3 is 14.8 Å². The Bertz CT molecular complexity index is 650. The van der Waals surface area contributed by atoms with E-state index in [-0.39, 0.29) is 11.2 Å². The fraction of sp³-hybridized carbons (Fsp3) is 0.375. The number of fused-ring (bicyclic) bond motifs is 1. The van der Waals surface area contributed by atoms with Crippen molar-refractivity contribution in [3.8, 4) is 0 Å². The van der Waals surface area contributed by atoms with Crippen LogP contribution in [-0.2, 0) is 20.5 Å². The van der Waals surface area contributed by atoms with Crippen molar-refractivity contribution in [1.82, 2.24) is 18.7 Å². The van der Waals surface area contributed by atoms with E-state index < -0.39 is 24.7 Å². The van der Waals surface area contributed by atoms with Gasteiger partial charge in [0.2, 0.25) is 0 Å². The lowest BCUT2D eigenvalue weighted by molar-refractivity contribution is 0.179. The third kappa shape index (κ3) is 1.20. The van der Waals surface area contributed by atoms with E-state index in [1.54, 1.807) is 7.05 Å². The van der Waals surface area contributed by atoms with Gasteiger partial charge in [-0.05, 0) is 0 Å². The second-order valence-corrected chi connectivity index (χ2v) is 3.25. The second-order valence-electron chi connectivity index (χ2n) is 3.25. The molecule has 0 saturated carbocycles. The van der Waals surface area contributed by atoms with Crippen LogP contribution in [0.5, 0.6) is 0 Å². The molecule has 0 atom stereocenters. The summed E-state index contributed by atoms with van der Waals surface area (Å²) in [6.07, 6.45) is 1.36. The first kappa shape index (κ1) is 10.6. The predicted octanol–water partition coefficient (Wildman–Crippen LogP) is -2.20. The summed E-state index contributed by atoms with van der Waals surface area (Å²) in [4.78, 5) is 27.3. The Labute approximate surface area is 88.6 Å². The van der Waals surface area contributed by atoms with Crippen molar-refractivity contribution in [3.05, 3.63) is 27.2 Å². The minimum absolute atomic E-state index is 0.102. The lowest BCUT2D eigenvalue weighted by atomic mass is 10.5. The van der Waals surface area contributed by atoms with Gasteiger partial charge in [0.25, 0.3) is 5.56 Å². The van der Waals surface area contributed by atoms with E-state index >= 15 is 0 Å². The topological polar surface area (TPSA) is 102 Å². The molecule has 0 amide bonds. The highest BCUT2D eigenvalue weighted by atomic mass is 16.3. The normalized spacial score (nSPS) is 11.2. The molecule has 0 unspecified atom stereocenters. The fourth-order valence-electron chi connectivity index (χ4n) is 1.57. The molecule has 16 heavy (non-hydrogen) atoms. The molecule has 2 rings (SSSR count). The van der Waals surface area contributed by atoms with Crippen LogP contribution in [0, 0.1) is 0 Å². The van der Waals surface area contributed by atoms with Crippen LogP contribution >= 0.6 is 0 Å². The summed E-state index contributed by atoms with van der Waals surface area (Å²) >= 11 is 0. The summed E-state index contributed by atoms with van der Waals surface area (Å²) in [7, 11) is 1.59. The van der Waals surface area contributed by atoms with Crippen LogP contribution < -0.4 is 11.2 Å². The number of rotatable bonds is 2. The van der Waals surface area contributed by atoms with Crippen molar-refractivity contribution in [2.45, 2.75) is 13.5 Å². The first-order valence-corrected chi connectivity index (χ1v) is 4.48. The van der Waals surface area contributed by atoms with Gasteiger partial charge in [-0.25, -0.2) is 14.3 Å². The van der Waals surface area contributed by atoms with Gasteiger partial charge in [-0.3, -0.25) is 9.36 Å². The second kappa shape index (κ2) is 3.58. The van der Waals surface area contributed by atoms with Gasteiger partial charge in [0.1, 0.15) is 13.5 Å². The monoisotopic (exact) mass is 226 g/mol. The molecular formula is C8H10N4O4. The van der Waals surface area contributed by atoms with Crippen LogP contribution in [0.1, 0.15) is 0 Å². The van der Waals surface area contributed by atoms with Crippen LogP contribution in [0.4, 0.5) is 0 Å². The molecule has 0 saturated heterocycles. The van der Waals surface area contributed by atoms with Gasteiger partial charge >= 0.3 is 5.69 Å². The Kier molecular flexibility index (Phi) is 2.37. The minimum atomic E-state index is -0.791. The van der Waals surface area contributed by atoms with Gasteiger partial charge in [-0.15, -0.1) is 0 Å². The van der Waals surface area contributed by atoms with E-state index in [1.165, 1.54) is 10.9 Å². The molecule has 0 fully saturated rings. The zero-order valence-corrected chi connectivity index (χ0v) is 8.49. The van der Waals surface area contributed by atoms with Crippen molar-refractivity contribution in [3.63, 3.8) is 0 Å². The molecule has 0 aliphatic carbocycles. The molecule has 0 bridgehead atoms. The third-order valence-corrected chi connectivity index (χ3v) is 2.37. The summed E-state index contributed by atoms with van der Waals surface area (Å²) in [6.45, 7) is -1.34. The largest absolute Gasteiger partial charge is 0.376 e. The molecule has 2 N–H and O–H groups in total. The van der Waals surface area contributed by atoms with Gasteiger partial charge in [0.15, 0.2) is 11.2 Å². The number of aryl methyl sites for hydroxylation is 1.